The Morgan fingerprint density at radius 2 is 2.06 bits per heavy atom. The van der Waals surface area contributed by atoms with Gasteiger partial charge in [0.15, 0.2) is 0 Å². The Bertz CT molecular complexity index is 406. The average molecular weight is 256 g/mol. The summed E-state index contributed by atoms with van der Waals surface area (Å²) in [5, 5.41) is 2.70. The molecule has 0 heterocycles. The molecule has 0 bridgehead atoms. The Labute approximate surface area is 105 Å². The van der Waals surface area contributed by atoms with Crippen LogP contribution in [0.5, 0.6) is 5.75 Å². The minimum atomic E-state index is -0.453. The molecule has 0 radical (unpaired) electrons. The smallest absolute Gasteiger partial charge is 0.308 e. The standard InChI is InChI=1S/C12H14ClNO3/c1-9(15)17-11-6-3-2-5-10(11)12(16)14-8-4-7-13/h2-3,5-6H,4,7-8H2,1H3,(H,14,16). The lowest BCUT2D eigenvalue weighted by Crippen LogP contribution is -2.25. The molecular weight excluding hydrogens is 242 g/mol. The highest BCUT2D eigenvalue weighted by atomic mass is 35.5. The fourth-order valence-electron chi connectivity index (χ4n) is 1.26. The topological polar surface area (TPSA) is 55.4 Å². The van der Waals surface area contributed by atoms with Gasteiger partial charge < -0.3 is 10.1 Å². The van der Waals surface area contributed by atoms with Gasteiger partial charge >= 0.3 is 5.97 Å². The van der Waals surface area contributed by atoms with Crippen molar-refractivity contribution in [3.8, 4) is 5.75 Å². The van der Waals surface area contributed by atoms with Crippen LogP contribution in [-0.2, 0) is 4.79 Å². The van der Waals surface area contributed by atoms with Gasteiger partial charge in [0.1, 0.15) is 5.75 Å². The van der Waals surface area contributed by atoms with Crippen LogP contribution in [0.1, 0.15) is 23.7 Å². The van der Waals surface area contributed by atoms with E-state index in [-0.39, 0.29) is 11.7 Å². The highest BCUT2D eigenvalue weighted by molar-refractivity contribution is 6.17. The number of nitrogens with one attached hydrogen (secondary N) is 1. The Morgan fingerprint density at radius 3 is 2.71 bits per heavy atom. The van der Waals surface area contributed by atoms with Crippen LogP contribution in [0.4, 0.5) is 0 Å². The third-order valence-electron chi connectivity index (χ3n) is 1.98. The molecule has 1 N–H and O–H groups in total. The Hall–Kier alpha value is -1.55. The molecule has 0 fully saturated rings. The van der Waals surface area contributed by atoms with Gasteiger partial charge in [0.2, 0.25) is 0 Å². The number of amides is 1. The van der Waals surface area contributed by atoms with Crippen molar-refractivity contribution in [2.45, 2.75) is 13.3 Å². The van der Waals surface area contributed by atoms with Gasteiger partial charge in [-0.25, -0.2) is 0 Å². The maximum absolute atomic E-state index is 11.8. The lowest BCUT2D eigenvalue weighted by atomic mass is 10.2. The van der Waals surface area contributed by atoms with Crippen molar-refractivity contribution < 1.29 is 14.3 Å². The van der Waals surface area contributed by atoms with E-state index < -0.39 is 5.97 Å². The maximum Gasteiger partial charge on any atom is 0.308 e. The third kappa shape index (κ3) is 4.44. The Kier molecular flexibility index (Phi) is 5.49. The number of alkyl halides is 1. The van der Waals surface area contributed by atoms with Crippen LogP contribution in [-0.4, -0.2) is 24.3 Å². The van der Waals surface area contributed by atoms with E-state index in [1.807, 2.05) is 0 Å². The lowest BCUT2D eigenvalue weighted by molar-refractivity contribution is -0.131. The summed E-state index contributed by atoms with van der Waals surface area (Å²) in [6.45, 7) is 1.79. The summed E-state index contributed by atoms with van der Waals surface area (Å²) in [6.07, 6.45) is 0.697. The van der Waals surface area contributed by atoms with Gasteiger partial charge in [0, 0.05) is 19.3 Å². The van der Waals surface area contributed by atoms with Crippen LogP contribution in [0.3, 0.4) is 0 Å². The molecule has 1 amide bonds. The third-order valence-corrected chi connectivity index (χ3v) is 2.25. The zero-order valence-corrected chi connectivity index (χ0v) is 10.3. The molecule has 0 atom stereocenters. The number of ether oxygens (including phenoxy) is 1. The van der Waals surface area contributed by atoms with Crippen molar-refractivity contribution in [2.24, 2.45) is 0 Å². The Balaban J connectivity index is 2.74. The van der Waals surface area contributed by atoms with Crippen LogP contribution in [0, 0.1) is 0 Å². The van der Waals surface area contributed by atoms with E-state index in [2.05, 4.69) is 5.32 Å². The van der Waals surface area contributed by atoms with Crippen molar-refractivity contribution in [3.05, 3.63) is 29.8 Å². The van der Waals surface area contributed by atoms with Crippen molar-refractivity contribution >= 4 is 23.5 Å². The van der Waals surface area contributed by atoms with E-state index in [0.29, 0.717) is 24.4 Å². The minimum Gasteiger partial charge on any atom is -0.426 e. The molecule has 17 heavy (non-hydrogen) atoms. The summed E-state index contributed by atoms with van der Waals surface area (Å²) in [5.74, 6) is 0.0349. The first-order valence-electron chi connectivity index (χ1n) is 5.26. The predicted octanol–water partition coefficient (Wildman–Crippen LogP) is 1.97. The van der Waals surface area contributed by atoms with Crippen LogP contribution in [0.15, 0.2) is 24.3 Å². The second-order valence-corrected chi connectivity index (χ2v) is 3.77. The number of carbonyl (C=O) groups is 2. The summed E-state index contributed by atoms with van der Waals surface area (Å²) in [7, 11) is 0. The largest absolute Gasteiger partial charge is 0.426 e. The van der Waals surface area contributed by atoms with Gasteiger partial charge in [0.05, 0.1) is 5.56 Å². The average Bonchev–Trinajstić information content (AvgIpc) is 2.29. The first kappa shape index (κ1) is 13.5. The molecule has 0 saturated heterocycles. The van der Waals surface area contributed by atoms with Crippen molar-refractivity contribution in [1.29, 1.82) is 0 Å². The number of carbonyl (C=O) groups excluding carboxylic acids is 2. The highest BCUT2D eigenvalue weighted by Crippen LogP contribution is 2.17. The SMILES string of the molecule is CC(=O)Oc1ccccc1C(=O)NCCCCl. The summed E-state index contributed by atoms with van der Waals surface area (Å²) in [5.41, 5.74) is 0.345. The molecule has 0 aromatic heterocycles. The van der Waals surface area contributed by atoms with Gasteiger partial charge in [-0.3, -0.25) is 9.59 Å². The molecule has 0 aliphatic heterocycles. The number of benzene rings is 1. The molecular formula is C12H14ClNO3. The molecule has 1 aromatic rings. The van der Waals surface area contributed by atoms with E-state index in [4.69, 9.17) is 16.3 Å². The molecule has 1 rings (SSSR count). The molecule has 0 aliphatic carbocycles. The van der Waals surface area contributed by atoms with E-state index in [9.17, 15) is 9.59 Å². The molecule has 0 aliphatic rings. The number of rotatable bonds is 5. The van der Waals surface area contributed by atoms with Crippen molar-refractivity contribution in [1.82, 2.24) is 5.32 Å². The van der Waals surface area contributed by atoms with Crippen LogP contribution in [0.2, 0.25) is 0 Å². The number of para-hydroxylation sites is 1. The van der Waals surface area contributed by atoms with E-state index in [1.54, 1.807) is 24.3 Å². The zero-order chi connectivity index (χ0) is 12.7. The maximum atomic E-state index is 11.8. The molecule has 0 unspecified atom stereocenters. The summed E-state index contributed by atoms with van der Waals surface area (Å²) >= 11 is 5.51. The van der Waals surface area contributed by atoms with E-state index in [0.717, 1.165) is 0 Å². The minimum absolute atomic E-state index is 0.267. The molecule has 92 valence electrons. The van der Waals surface area contributed by atoms with Gasteiger partial charge in [-0.1, -0.05) is 12.1 Å². The molecule has 4 nitrogen and oxygen atoms in total. The quantitative estimate of drug-likeness (QED) is 0.379. The number of esters is 1. The first-order chi connectivity index (χ1) is 8.15. The fourth-order valence-corrected chi connectivity index (χ4v) is 1.40. The van der Waals surface area contributed by atoms with Crippen molar-refractivity contribution in [2.75, 3.05) is 12.4 Å². The van der Waals surface area contributed by atoms with Crippen molar-refractivity contribution in [3.63, 3.8) is 0 Å². The van der Waals surface area contributed by atoms with Gasteiger partial charge in [0.25, 0.3) is 5.91 Å². The lowest BCUT2D eigenvalue weighted by Gasteiger charge is -2.08. The summed E-state index contributed by atoms with van der Waals surface area (Å²) < 4.78 is 4.95. The Morgan fingerprint density at radius 1 is 1.35 bits per heavy atom. The normalized spacial score (nSPS) is 9.76. The van der Waals surface area contributed by atoms with Crippen LogP contribution in [0.25, 0.3) is 0 Å². The molecule has 1 aromatic carbocycles. The van der Waals surface area contributed by atoms with E-state index in [1.165, 1.54) is 6.92 Å². The number of hydrogen-bond acceptors (Lipinski definition) is 3. The molecule has 5 heteroatoms. The first-order valence-corrected chi connectivity index (χ1v) is 5.80. The second kappa shape index (κ2) is 6.91. The molecule has 0 saturated carbocycles. The van der Waals surface area contributed by atoms with E-state index >= 15 is 0 Å². The van der Waals surface area contributed by atoms with Gasteiger partial charge in [-0.05, 0) is 18.6 Å². The number of halogens is 1. The number of hydrogen-bond donors (Lipinski definition) is 1. The second-order valence-electron chi connectivity index (χ2n) is 3.39. The van der Waals surface area contributed by atoms with Gasteiger partial charge in [-0.15, -0.1) is 11.6 Å². The predicted molar refractivity (Wildman–Crippen MR) is 65.4 cm³/mol. The summed E-state index contributed by atoms with van der Waals surface area (Å²) in [4.78, 5) is 22.7. The van der Waals surface area contributed by atoms with Gasteiger partial charge in [-0.2, -0.15) is 0 Å². The van der Waals surface area contributed by atoms with Crippen LogP contribution < -0.4 is 10.1 Å². The highest BCUT2D eigenvalue weighted by Gasteiger charge is 2.12. The molecule has 0 spiro atoms. The summed E-state index contributed by atoms with van der Waals surface area (Å²) in [6, 6.07) is 6.60. The fraction of sp³-hybridized carbons (Fsp3) is 0.333. The monoisotopic (exact) mass is 255 g/mol. The van der Waals surface area contributed by atoms with Crippen LogP contribution >= 0.6 is 11.6 Å². The zero-order valence-electron chi connectivity index (χ0n) is 9.53.